The zero-order chi connectivity index (χ0) is 35.4. The number of unbranched alkanes of at least 4 members (excludes halogenated alkanes) is 19. The average Bonchev–Trinajstić information content (AvgIpc) is 3.05. The van der Waals surface area contributed by atoms with E-state index in [1.807, 2.05) is 0 Å². The van der Waals surface area contributed by atoms with Gasteiger partial charge in [0.25, 0.3) is 0 Å². The van der Waals surface area contributed by atoms with Gasteiger partial charge in [-0.25, -0.2) is 4.57 Å². The second kappa shape index (κ2) is 35.1. The molecule has 0 spiro atoms. The van der Waals surface area contributed by atoms with Crippen LogP contribution in [0.2, 0.25) is 0 Å². The Morgan fingerprint density at radius 3 is 1.44 bits per heavy atom. The molecule has 9 heteroatoms. The average molecular weight is 699 g/mol. The zero-order valence-electron chi connectivity index (χ0n) is 30.6. The molecule has 0 aliphatic carbocycles. The molecule has 280 valence electrons. The Balaban J connectivity index is 3.97. The van der Waals surface area contributed by atoms with Crippen LogP contribution in [0.1, 0.15) is 181 Å². The van der Waals surface area contributed by atoms with Crippen LogP contribution in [-0.2, 0) is 28.2 Å². The molecule has 0 aliphatic heterocycles. The van der Waals surface area contributed by atoms with Crippen molar-refractivity contribution >= 4 is 19.8 Å². The molecule has 0 saturated carbocycles. The van der Waals surface area contributed by atoms with E-state index < -0.39 is 32.5 Å². The molecule has 2 N–H and O–H groups in total. The summed E-state index contributed by atoms with van der Waals surface area (Å²) in [4.78, 5) is 42.7. The highest BCUT2D eigenvalue weighted by Gasteiger charge is 2.22. The van der Waals surface area contributed by atoms with Crippen LogP contribution >= 0.6 is 7.82 Å². The number of ether oxygens (including phenoxy) is 2. The first-order valence-corrected chi connectivity index (χ1v) is 20.8. The molecule has 0 bridgehead atoms. The van der Waals surface area contributed by atoms with E-state index in [1.165, 1.54) is 77.0 Å². The van der Waals surface area contributed by atoms with Crippen LogP contribution in [0.5, 0.6) is 0 Å². The fourth-order valence-corrected chi connectivity index (χ4v) is 5.58. The van der Waals surface area contributed by atoms with Crippen molar-refractivity contribution in [3.05, 3.63) is 36.5 Å². The standard InChI is InChI=1S/C39H71O8P/c1-3-5-7-9-11-13-15-17-18-19-20-21-22-24-26-28-30-32-34-39(41)47-37(36-46-48(42,43)44)35-45-38(40)33-31-29-27-25-23-16-14-12-10-8-6-4-2/h12-15,18-19,37H,3-11,16-17,20-36H2,1-2H3,(H2,42,43,44)/b14-12-,15-13-,19-18-. The maximum Gasteiger partial charge on any atom is 0.469 e. The maximum absolute atomic E-state index is 12.4. The summed E-state index contributed by atoms with van der Waals surface area (Å²) in [6.45, 7) is 3.62. The molecule has 0 fully saturated rings. The lowest BCUT2D eigenvalue weighted by Crippen LogP contribution is -2.29. The smallest absolute Gasteiger partial charge is 0.462 e. The Kier molecular flexibility index (Phi) is 33.8. The highest BCUT2D eigenvalue weighted by molar-refractivity contribution is 7.46. The van der Waals surface area contributed by atoms with E-state index in [-0.39, 0.29) is 19.4 Å². The topological polar surface area (TPSA) is 119 Å². The van der Waals surface area contributed by atoms with Crippen LogP contribution in [0.25, 0.3) is 0 Å². The number of esters is 2. The fraction of sp³-hybridized carbons (Fsp3) is 0.795. The van der Waals surface area contributed by atoms with E-state index in [1.54, 1.807) is 0 Å². The first-order chi connectivity index (χ1) is 23.3. The molecule has 0 aromatic rings. The van der Waals surface area contributed by atoms with Crippen LogP contribution in [0.4, 0.5) is 0 Å². The molecule has 0 aliphatic rings. The molecule has 0 radical (unpaired) electrons. The summed E-state index contributed by atoms with van der Waals surface area (Å²) in [6, 6.07) is 0. The number of allylic oxidation sites excluding steroid dienone is 6. The summed E-state index contributed by atoms with van der Waals surface area (Å²) < 4.78 is 26.3. The minimum atomic E-state index is -4.75. The van der Waals surface area contributed by atoms with Crippen LogP contribution in [-0.4, -0.2) is 41.0 Å². The third-order valence-corrected chi connectivity index (χ3v) is 8.62. The summed E-state index contributed by atoms with van der Waals surface area (Å²) in [5, 5.41) is 0. The van der Waals surface area contributed by atoms with Gasteiger partial charge in [0.2, 0.25) is 0 Å². The van der Waals surface area contributed by atoms with Gasteiger partial charge in [-0.2, -0.15) is 0 Å². The number of carbonyl (C=O) groups is 2. The summed E-state index contributed by atoms with van der Waals surface area (Å²) >= 11 is 0. The van der Waals surface area contributed by atoms with E-state index in [0.717, 1.165) is 64.2 Å². The first kappa shape index (κ1) is 46.3. The van der Waals surface area contributed by atoms with Crippen molar-refractivity contribution in [1.29, 1.82) is 0 Å². The van der Waals surface area contributed by atoms with Crippen molar-refractivity contribution < 1.29 is 37.9 Å². The monoisotopic (exact) mass is 698 g/mol. The lowest BCUT2D eigenvalue weighted by Gasteiger charge is -2.18. The number of carbonyl (C=O) groups excluding carboxylic acids is 2. The second-order valence-electron chi connectivity index (χ2n) is 12.9. The minimum absolute atomic E-state index is 0.201. The Morgan fingerprint density at radius 2 is 0.938 bits per heavy atom. The van der Waals surface area contributed by atoms with E-state index >= 15 is 0 Å². The predicted octanol–water partition coefficient (Wildman–Crippen LogP) is 11.4. The third-order valence-electron chi connectivity index (χ3n) is 8.13. The van der Waals surface area contributed by atoms with Gasteiger partial charge in [-0.05, 0) is 70.6 Å². The molecule has 0 heterocycles. The molecule has 0 saturated heterocycles. The van der Waals surface area contributed by atoms with Crippen LogP contribution in [0, 0.1) is 0 Å². The molecular weight excluding hydrogens is 627 g/mol. The number of phosphoric acid groups is 1. The molecule has 1 unspecified atom stereocenters. The Bertz CT molecular complexity index is 879. The van der Waals surface area contributed by atoms with Gasteiger partial charge in [0.1, 0.15) is 6.61 Å². The molecule has 1 atom stereocenters. The highest BCUT2D eigenvalue weighted by Crippen LogP contribution is 2.36. The lowest BCUT2D eigenvalue weighted by molar-refractivity contribution is -0.161. The van der Waals surface area contributed by atoms with Crippen LogP contribution in [0.15, 0.2) is 36.5 Å². The van der Waals surface area contributed by atoms with Crippen molar-refractivity contribution in [2.45, 2.75) is 187 Å². The van der Waals surface area contributed by atoms with Crippen molar-refractivity contribution in [3.8, 4) is 0 Å². The van der Waals surface area contributed by atoms with Gasteiger partial charge < -0.3 is 19.3 Å². The lowest BCUT2D eigenvalue weighted by atomic mass is 10.1. The van der Waals surface area contributed by atoms with Crippen molar-refractivity contribution in [2.24, 2.45) is 0 Å². The quantitative estimate of drug-likeness (QED) is 0.0290. The van der Waals surface area contributed by atoms with Gasteiger partial charge in [-0.3, -0.25) is 14.1 Å². The zero-order valence-corrected chi connectivity index (χ0v) is 31.5. The molecule has 0 amide bonds. The molecule has 0 rings (SSSR count). The summed E-state index contributed by atoms with van der Waals surface area (Å²) in [6.07, 6.45) is 40.0. The number of phosphoric ester groups is 1. The molecule has 0 aromatic heterocycles. The normalized spacial score (nSPS) is 12.8. The number of rotatable bonds is 35. The van der Waals surface area contributed by atoms with Gasteiger partial charge >= 0.3 is 19.8 Å². The summed E-state index contributed by atoms with van der Waals surface area (Å²) in [5.74, 6) is -0.904. The number of hydrogen-bond donors (Lipinski definition) is 2. The maximum atomic E-state index is 12.4. The third kappa shape index (κ3) is 37.1. The minimum Gasteiger partial charge on any atom is -0.462 e. The Labute approximate surface area is 293 Å². The first-order valence-electron chi connectivity index (χ1n) is 19.3. The van der Waals surface area contributed by atoms with Gasteiger partial charge in [-0.15, -0.1) is 0 Å². The van der Waals surface area contributed by atoms with E-state index in [9.17, 15) is 14.2 Å². The van der Waals surface area contributed by atoms with Crippen molar-refractivity contribution in [1.82, 2.24) is 0 Å². The second-order valence-corrected chi connectivity index (χ2v) is 14.1. The van der Waals surface area contributed by atoms with Gasteiger partial charge in [0.05, 0.1) is 6.61 Å². The largest absolute Gasteiger partial charge is 0.469 e. The van der Waals surface area contributed by atoms with Gasteiger partial charge in [-0.1, -0.05) is 134 Å². The van der Waals surface area contributed by atoms with Gasteiger partial charge in [0, 0.05) is 12.8 Å². The van der Waals surface area contributed by atoms with Crippen LogP contribution < -0.4 is 0 Å². The SMILES string of the molecule is CCCCC/C=C\CCCCCCCC(=O)OCC(COP(=O)(O)O)OC(=O)CCCCCCCCC/C=C\C/C=C\CCCCCC. The molecule has 0 aromatic carbocycles. The van der Waals surface area contributed by atoms with Crippen molar-refractivity contribution in [3.63, 3.8) is 0 Å². The highest BCUT2D eigenvalue weighted by atomic mass is 31.2. The van der Waals surface area contributed by atoms with E-state index in [2.05, 4.69) is 54.8 Å². The fourth-order valence-electron chi connectivity index (χ4n) is 5.22. The Hall–Kier alpha value is -1.73. The molecular formula is C39H71O8P. The van der Waals surface area contributed by atoms with Crippen molar-refractivity contribution in [2.75, 3.05) is 13.2 Å². The molecule has 48 heavy (non-hydrogen) atoms. The van der Waals surface area contributed by atoms with Gasteiger partial charge in [0.15, 0.2) is 6.10 Å². The van der Waals surface area contributed by atoms with E-state index in [4.69, 9.17) is 19.3 Å². The molecule has 8 nitrogen and oxygen atoms in total. The summed E-state index contributed by atoms with van der Waals surface area (Å²) in [5.41, 5.74) is 0. The summed E-state index contributed by atoms with van der Waals surface area (Å²) in [7, 11) is -4.75. The Morgan fingerprint density at radius 1 is 0.542 bits per heavy atom. The van der Waals surface area contributed by atoms with E-state index in [0.29, 0.717) is 12.8 Å². The predicted molar refractivity (Wildman–Crippen MR) is 198 cm³/mol. The van der Waals surface area contributed by atoms with Crippen LogP contribution in [0.3, 0.4) is 0 Å². The number of hydrogen-bond acceptors (Lipinski definition) is 6.